The average Bonchev–Trinajstić information content (AvgIpc) is 3.00. The van der Waals surface area contributed by atoms with Crippen molar-refractivity contribution in [1.82, 2.24) is 0 Å². The molecule has 116 valence electrons. The number of methoxy groups -OCH3 is 1. The number of carbonyl (C=O) groups is 2. The molecule has 0 saturated heterocycles. The second-order valence-corrected chi connectivity index (χ2v) is 5.61. The summed E-state index contributed by atoms with van der Waals surface area (Å²) in [4.78, 5) is 24.1. The van der Waals surface area contributed by atoms with Crippen LogP contribution >= 0.6 is 15.9 Å². The minimum Gasteiger partial charge on any atom is -0.465 e. The summed E-state index contributed by atoms with van der Waals surface area (Å²) in [5, 5.41) is 3.48. The normalized spacial score (nSPS) is 10.5. The molecule has 0 radical (unpaired) electrons. The van der Waals surface area contributed by atoms with Crippen LogP contribution in [-0.4, -0.2) is 19.0 Å². The molecular weight excluding hydrogens is 362 g/mol. The first-order valence-corrected chi connectivity index (χ1v) is 7.56. The molecule has 3 aromatic rings. The number of para-hydroxylation sites is 2. The van der Waals surface area contributed by atoms with Gasteiger partial charge in [0.1, 0.15) is 5.58 Å². The highest BCUT2D eigenvalue weighted by Crippen LogP contribution is 2.27. The smallest absolute Gasteiger partial charge is 0.339 e. The van der Waals surface area contributed by atoms with Crippen LogP contribution < -0.4 is 5.32 Å². The number of anilines is 1. The van der Waals surface area contributed by atoms with E-state index in [0.29, 0.717) is 11.3 Å². The first kappa shape index (κ1) is 15.3. The molecule has 1 heterocycles. The first-order chi connectivity index (χ1) is 11.1. The van der Waals surface area contributed by atoms with Gasteiger partial charge in [0.05, 0.1) is 22.8 Å². The van der Waals surface area contributed by atoms with Crippen molar-refractivity contribution < 1.29 is 18.7 Å². The van der Waals surface area contributed by atoms with Gasteiger partial charge in [0.15, 0.2) is 5.76 Å². The fraction of sp³-hybridized carbons (Fsp3) is 0.0588. The summed E-state index contributed by atoms with van der Waals surface area (Å²) in [7, 11) is 1.29. The predicted molar refractivity (Wildman–Crippen MR) is 89.6 cm³/mol. The summed E-state index contributed by atoms with van der Waals surface area (Å²) in [6.07, 6.45) is 0. The zero-order valence-corrected chi connectivity index (χ0v) is 13.7. The molecule has 1 amide bonds. The second kappa shape index (κ2) is 6.26. The highest BCUT2D eigenvalue weighted by atomic mass is 79.9. The van der Waals surface area contributed by atoms with E-state index in [1.165, 1.54) is 7.11 Å². The van der Waals surface area contributed by atoms with Gasteiger partial charge in [0.2, 0.25) is 0 Å². The fourth-order valence-electron chi connectivity index (χ4n) is 2.20. The zero-order chi connectivity index (χ0) is 16.4. The number of halogens is 1. The van der Waals surface area contributed by atoms with Gasteiger partial charge in [-0.25, -0.2) is 4.79 Å². The van der Waals surface area contributed by atoms with Crippen LogP contribution in [-0.2, 0) is 4.74 Å². The van der Waals surface area contributed by atoms with Gasteiger partial charge in [0.25, 0.3) is 5.91 Å². The molecule has 6 heteroatoms. The summed E-state index contributed by atoms with van der Waals surface area (Å²) in [6.45, 7) is 0. The van der Waals surface area contributed by atoms with E-state index in [0.717, 1.165) is 9.86 Å². The molecule has 0 unspecified atom stereocenters. The molecular formula is C17H12BrNO4. The number of carbonyl (C=O) groups excluding carboxylic acids is 2. The number of rotatable bonds is 3. The van der Waals surface area contributed by atoms with Crippen LogP contribution in [0.3, 0.4) is 0 Å². The van der Waals surface area contributed by atoms with Crippen molar-refractivity contribution in [2.45, 2.75) is 0 Å². The van der Waals surface area contributed by atoms with Crippen LogP contribution in [0.25, 0.3) is 11.0 Å². The van der Waals surface area contributed by atoms with Crippen molar-refractivity contribution in [3.05, 3.63) is 64.3 Å². The van der Waals surface area contributed by atoms with E-state index < -0.39 is 11.9 Å². The van der Waals surface area contributed by atoms with E-state index in [-0.39, 0.29) is 11.3 Å². The number of ether oxygens (including phenoxy) is 1. The Morgan fingerprint density at radius 1 is 1.13 bits per heavy atom. The predicted octanol–water partition coefficient (Wildman–Crippen LogP) is 4.23. The topological polar surface area (TPSA) is 68.5 Å². The average molecular weight is 374 g/mol. The van der Waals surface area contributed by atoms with Gasteiger partial charge in [-0.15, -0.1) is 0 Å². The Morgan fingerprint density at radius 2 is 1.91 bits per heavy atom. The Hall–Kier alpha value is -2.60. The monoisotopic (exact) mass is 373 g/mol. The van der Waals surface area contributed by atoms with Crippen molar-refractivity contribution in [2.75, 3.05) is 12.4 Å². The molecule has 0 aliphatic rings. The van der Waals surface area contributed by atoms with Gasteiger partial charge < -0.3 is 14.5 Å². The van der Waals surface area contributed by atoms with Crippen molar-refractivity contribution in [2.24, 2.45) is 0 Å². The molecule has 0 aliphatic heterocycles. The molecule has 0 atom stereocenters. The van der Waals surface area contributed by atoms with Gasteiger partial charge in [-0.3, -0.25) is 4.79 Å². The number of fused-ring (bicyclic) bond motifs is 1. The van der Waals surface area contributed by atoms with Crippen LogP contribution in [0.5, 0.6) is 0 Å². The summed E-state index contributed by atoms with van der Waals surface area (Å²) >= 11 is 3.38. The quantitative estimate of drug-likeness (QED) is 0.697. The molecule has 1 N–H and O–H groups in total. The number of hydrogen-bond donors (Lipinski definition) is 1. The van der Waals surface area contributed by atoms with Crippen molar-refractivity contribution in [3.63, 3.8) is 0 Å². The van der Waals surface area contributed by atoms with Gasteiger partial charge in [0, 0.05) is 5.39 Å². The summed E-state index contributed by atoms with van der Waals surface area (Å²) in [6, 6.07) is 13.8. The van der Waals surface area contributed by atoms with E-state index in [4.69, 9.17) is 9.15 Å². The largest absolute Gasteiger partial charge is 0.465 e. The third-order valence-electron chi connectivity index (χ3n) is 3.30. The molecule has 5 nitrogen and oxygen atoms in total. The highest BCUT2D eigenvalue weighted by molar-refractivity contribution is 9.10. The number of amides is 1. The Morgan fingerprint density at radius 3 is 2.65 bits per heavy atom. The number of benzene rings is 2. The van der Waals surface area contributed by atoms with Crippen molar-refractivity contribution in [1.29, 1.82) is 0 Å². The molecule has 0 spiro atoms. The lowest BCUT2D eigenvalue weighted by molar-refractivity contribution is 0.0602. The maximum atomic E-state index is 12.4. The molecule has 0 bridgehead atoms. The molecule has 1 aromatic heterocycles. The third kappa shape index (κ3) is 2.98. The van der Waals surface area contributed by atoms with Crippen molar-refractivity contribution >= 4 is 44.5 Å². The van der Waals surface area contributed by atoms with Crippen LogP contribution in [0.15, 0.2) is 57.4 Å². The Bertz CT molecular complexity index is 900. The molecule has 0 aliphatic carbocycles. The molecule has 3 rings (SSSR count). The highest BCUT2D eigenvalue weighted by Gasteiger charge is 2.17. The van der Waals surface area contributed by atoms with Crippen LogP contribution in [0.2, 0.25) is 0 Å². The Kier molecular flexibility index (Phi) is 4.16. The van der Waals surface area contributed by atoms with Gasteiger partial charge in [-0.05, 0) is 40.2 Å². The van der Waals surface area contributed by atoms with E-state index in [9.17, 15) is 9.59 Å². The van der Waals surface area contributed by atoms with E-state index in [1.807, 2.05) is 18.2 Å². The maximum absolute atomic E-state index is 12.4. The van der Waals surface area contributed by atoms with Gasteiger partial charge in [-0.1, -0.05) is 24.3 Å². The minimum absolute atomic E-state index is 0.159. The number of furan rings is 1. The van der Waals surface area contributed by atoms with Gasteiger partial charge in [-0.2, -0.15) is 0 Å². The summed E-state index contributed by atoms with van der Waals surface area (Å²) in [5.74, 6) is -0.802. The Labute approximate surface area is 140 Å². The number of hydrogen-bond acceptors (Lipinski definition) is 4. The van der Waals surface area contributed by atoms with Crippen LogP contribution in [0, 0.1) is 0 Å². The maximum Gasteiger partial charge on any atom is 0.339 e. The van der Waals surface area contributed by atoms with E-state index in [2.05, 4.69) is 21.2 Å². The van der Waals surface area contributed by atoms with Crippen LogP contribution in [0.1, 0.15) is 20.9 Å². The first-order valence-electron chi connectivity index (χ1n) is 6.77. The zero-order valence-electron chi connectivity index (χ0n) is 12.1. The minimum atomic E-state index is -0.520. The lowest BCUT2D eigenvalue weighted by Gasteiger charge is -2.08. The van der Waals surface area contributed by atoms with Crippen molar-refractivity contribution in [3.8, 4) is 0 Å². The molecule has 2 aromatic carbocycles. The fourth-order valence-corrected chi connectivity index (χ4v) is 2.67. The molecule has 0 fully saturated rings. The van der Waals surface area contributed by atoms with E-state index in [1.54, 1.807) is 30.3 Å². The lowest BCUT2D eigenvalue weighted by atomic mass is 10.1. The number of nitrogens with one attached hydrogen (secondary N) is 1. The van der Waals surface area contributed by atoms with Gasteiger partial charge >= 0.3 is 5.97 Å². The third-order valence-corrected chi connectivity index (χ3v) is 3.92. The second-order valence-electron chi connectivity index (χ2n) is 4.76. The summed E-state index contributed by atoms with van der Waals surface area (Å²) < 4.78 is 11.1. The summed E-state index contributed by atoms with van der Waals surface area (Å²) in [5.41, 5.74) is 1.24. The standard InChI is InChI=1S/C17H12BrNO4/c1-22-17(21)11-6-2-3-8-13(11)19-16(20)14-9-10-5-4-7-12(18)15(10)23-14/h2-9H,1H3,(H,19,20). The molecule has 0 saturated carbocycles. The van der Waals surface area contributed by atoms with E-state index >= 15 is 0 Å². The molecule has 23 heavy (non-hydrogen) atoms. The Balaban J connectivity index is 1.92. The SMILES string of the molecule is COC(=O)c1ccccc1NC(=O)c1cc2cccc(Br)c2o1. The van der Waals surface area contributed by atoms with Crippen LogP contribution in [0.4, 0.5) is 5.69 Å². The lowest BCUT2D eigenvalue weighted by Crippen LogP contribution is -2.14. The number of esters is 1.